The monoisotopic (exact) mass is 233 g/mol. The first kappa shape index (κ1) is 10.9. The van der Waals surface area contributed by atoms with Gasteiger partial charge >= 0.3 is 0 Å². The van der Waals surface area contributed by atoms with Crippen LogP contribution in [0.2, 0.25) is 0 Å². The number of aromatic hydroxyl groups is 1. The largest absolute Gasteiger partial charge is 0.508 e. The first-order valence-corrected chi connectivity index (χ1v) is 6.51. The number of hydrogen-bond donors (Lipinski definition) is 1. The SMILES string of the molecule is Oc1ccc2c(c1)OCCC2CN1CCCC1. The molecule has 3 nitrogen and oxygen atoms in total. The van der Waals surface area contributed by atoms with Crippen molar-refractivity contribution in [2.75, 3.05) is 26.2 Å². The minimum atomic E-state index is 0.297. The molecular formula is C14H19NO2. The Morgan fingerprint density at radius 2 is 2.12 bits per heavy atom. The average Bonchev–Trinajstić information content (AvgIpc) is 2.82. The molecule has 1 unspecified atom stereocenters. The standard InChI is InChI=1S/C14H19NO2/c16-12-3-4-13-11(5-8-17-14(13)9-12)10-15-6-1-2-7-15/h3-4,9,11,16H,1-2,5-8,10H2. The molecular weight excluding hydrogens is 214 g/mol. The molecule has 0 aliphatic carbocycles. The third kappa shape index (κ3) is 2.25. The van der Waals surface area contributed by atoms with Gasteiger partial charge in [0.15, 0.2) is 0 Å². The Kier molecular flexibility index (Phi) is 2.93. The maximum absolute atomic E-state index is 9.47. The Bertz CT molecular complexity index is 399. The highest BCUT2D eigenvalue weighted by atomic mass is 16.5. The molecule has 2 aliphatic heterocycles. The van der Waals surface area contributed by atoms with E-state index >= 15 is 0 Å². The van der Waals surface area contributed by atoms with Crippen molar-refractivity contribution >= 4 is 0 Å². The van der Waals surface area contributed by atoms with Crippen LogP contribution in [0.3, 0.4) is 0 Å². The highest BCUT2D eigenvalue weighted by Crippen LogP contribution is 2.36. The number of phenols is 1. The lowest BCUT2D eigenvalue weighted by Gasteiger charge is -2.29. The number of benzene rings is 1. The second-order valence-electron chi connectivity index (χ2n) is 5.06. The van der Waals surface area contributed by atoms with E-state index in [0.717, 1.165) is 25.3 Å². The third-order valence-corrected chi connectivity index (χ3v) is 3.84. The highest BCUT2D eigenvalue weighted by molar-refractivity contribution is 5.43. The molecule has 1 aromatic carbocycles. The van der Waals surface area contributed by atoms with Crippen LogP contribution in [-0.2, 0) is 0 Å². The Morgan fingerprint density at radius 1 is 1.29 bits per heavy atom. The Morgan fingerprint density at radius 3 is 2.94 bits per heavy atom. The van der Waals surface area contributed by atoms with E-state index in [1.165, 1.54) is 31.5 Å². The van der Waals surface area contributed by atoms with Crippen LogP contribution in [-0.4, -0.2) is 36.2 Å². The fraction of sp³-hybridized carbons (Fsp3) is 0.571. The molecule has 1 N–H and O–H groups in total. The molecule has 1 aromatic rings. The summed E-state index contributed by atoms with van der Waals surface area (Å²) >= 11 is 0. The van der Waals surface area contributed by atoms with E-state index in [1.54, 1.807) is 12.1 Å². The minimum absolute atomic E-state index is 0.297. The first-order chi connectivity index (χ1) is 8.33. The van der Waals surface area contributed by atoms with Crippen LogP contribution in [0.5, 0.6) is 11.5 Å². The maximum Gasteiger partial charge on any atom is 0.126 e. The smallest absolute Gasteiger partial charge is 0.126 e. The number of rotatable bonds is 2. The van der Waals surface area contributed by atoms with Crippen molar-refractivity contribution in [2.45, 2.75) is 25.2 Å². The van der Waals surface area contributed by atoms with Gasteiger partial charge in [-0.25, -0.2) is 0 Å². The van der Waals surface area contributed by atoms with Gasteiger partial charge in [0, 0.05) is 18.5 Å². The van der Waals surface area contributed by atoms with Crippen LogP contribution >= 0.6 is 0 Å². The van der Waals surface area contributed by atoms with E-state index in [1.807, 2.05) is 6.07 Å². The Hall–Kier alpha value is -1.22. The van der Waals surface area contributed by atoms with E-state index in [0.29, 0.717) is 11.7 Å². The summed E-state index contributed by atoms with van der Waals surface area (Å²) in [5.74, 6) is 1.74. The van der Waals surface area contributed by atoms with Crippen molar-refractivity contribution in [1.29, 1.82) is 0 Å². The van der Waals surface area contributed by atoms with Crippen molar-refractivity contribution < 1.29 is 9.84 Å². The number of ether oxygens (including phenoxy) is 1. The third-order valence-electron chi connectivity index (χ3n) is 3.84. The summed E-state index contributed by atoms with van der Waals surface area (Å²) in [5.41, 5.74) is 1.26. The van der Waals surface area contributed by atoms with Crippen LogP contribution in [0, 0.1) is 0 Å². The Labute approximate surface area is 102 Å². The van der Waals surface area contributed by atoms with Crippen molar-refractivity contribution in [2.24, 2.45) is 0 Å². The summed E-state index contributed by atoms with van der Waals surface area (Å²) in [6.07, 6.45) is 3.77. The average molecular weight is 233 g/mol. The van der Waals surface area contributed by atoms with E-state index < -0.39 is 0 Å². The normalized spacial score (nSPS) is 24.4. The molecule has 3 rings (SSSR count). The molecule has 0 spiro atoms. The predicted molar refractivity (Wildman–Crippen MR) is 66.6 cm³/mol. The number of nitrogens with zero attached hydrogens (tertiary/aromatic N) is 1. The van der Waals surface area contributed by atoms with Crippen molar-refractivity contribution in [3.8, 4) is 11.5 Å². The lowest BCUT2D eigenvalue weighted by atomic mass is 9.92. The van der Waals surface area contributed by atoms with Gasteiger partial charge in [-0.2, -0.15) is 0 Å². The highest BCUT2D eigenvalue weighted by Gasteiger charge is 2.25. The number of fused-ring (bicyclic) bond motifs is 1. The second-order valence-corrected chi connectivity index (χ2v) is 5.06. The summed E-state index contributed by atoms with van der Waals surface area (Å²) in [4.78, 5) is 2.55. The van der Waals surface area contributed by atoms with Gasteiger partial charge in [0.2, 0.25) is 0 Å². The van der Waals surface area contributed by atoms with Crippen LogP contribution in [0.4, 0.5) is 0 Å². The number of hydrogen-bond acceptors (Lipinski definition) is 3. The molecule has 0 amide bonds. The zero-order chi connectivity index (χ0) is 11.7. The van der Waals surface area contributed by atoms with Crippen molar-refractivity contribution in [1.82, 2.24) is 4.90 Å². The van der Waals surface area contributed by atoms with Gasteiger partial charge in [-0.3, -0.25) is 0 Å². The zero-order valence-electron chi connectivity index (χ0n) is 10.1. The molecule has 1 saturated heterocycles. The zero-order valence-corrected chi connectivity index (χ0v) is 10.1. The summed E-state index contributed by atoms with van der Waals surface area (Å²) in [6.45, 7) is 4.39. The minimum Gasteiger partial charge on any atom is -0.508 e. The topological polar surface area (TPSA) is 32.7 Å². The molecule has 2 heterocycles. The van der Waals surface area contributed by atoms with Gasteiger partial charge in [0.05, 0.1) is 6.61 Å². The molecule has 0 saturated carbocycles. The summed E-state index contributed by atoms with van der Waals surface area (Å²) in [7, 11) is 0. The molecule has 0 radical (unpaired) electrons. The van der Waals surface area contributed by atoms with Crippen molar-refractivity contribution in [3.05, 3.63) is 23.8 Å². The number of likely N-dealkylation sites (tertiary alicyclic amines) is 1. The van der Waals surface area contributed by atoms with Crippen LogP contribution in [0.1, 0.15) is 30.7 Å². The molecule has 1 fully saturated rings. The fourth-order valence-electron chi connectivity index (χ4n) is 2.92. The summed E-state index contributed by atoms with van der Waals surface area (Å²) in [6, 6.07) is 5.53. The number of phenolic OH excluding ortho intramolecular Hbond substituents is 1. The second kappa shape index (κ2) is 4.57. The maximum atomic E-state index is 9.47. The lowest BCUT2D eigenvalue weighted by molar-refractivity contribution is 0.231. The van der Waals surface area contributed by atoms with E-state index in [-0.39, 0.29) is 0 Å². The van der Waals surface area contributed by atoms with Crippen LogP contribution in [0.25, 0.3) is 0 Å². The van der Waals surface area contributed by atoms with Gasteiger partial charge in [-0.1, -0.05) is 6.07 Å². The fourth-order valence-corrected chi connectivity index (χ4v) is 2.92. The van der Waals surface area contributed by atoms with Gasteiger partial charge in [-0.15, -0.1) is 0 Å². The predicted octanol–water partition coefficient (Wildman–Crippen LogP) is 2.35. The quantitative estimate of drug-likeness (QED) is 0.851. The molecule has 0 bridgehead atoms. The van der Waals surface area contributed by atoms with Gasteiger partial charge in [-0.05, 0) is 44.0 Å². The summed E-state index contributed by atoms with van der Waals surface area (Å²) in [5, 5.41) is 9.47. The molecule has 1 atom stereocenters. The van der Waals surface area contributed by atoms with E-state index in [2.05, 4.69) is 4.90 Å². The molecule has 2 aliphatic rings. The molecule has 3 heteroatoms. The van der Waals surface area contributed by atoms with Crippen LogP contribution < -0.4 is 4.74 Å². The van der Waals surface area contributed by atoms with E-state index in [4.69, 9.17) is 4.74 Å². The molecule has 17 heavy (non-hydrogen) atoms. The van der Waals surface area contributed by atoms with Gasteiger partial charge < -0.3 is 14.7 Å². The van der Waals surface area contributed by atoms with Gasteiger partial charge in [0.1, 0.15) is 11.5 Å². The molecule has 92 valence electrons. The Balaban J connectivity index is 1.78. The summed E-state index contributed by atoms with van der Waals surface area (Å²) < 4.78 is 5.62. The molecule has 0 aromatic heterocycles. The lowest BCUT2D eigenvalue weighted by Crippen LogP contribution is -2.28. The van der Waals surface area contributed by atoms with Crippen LogP contribution in [0.15, 0.2) is 18.2 Å². The van der Waals surface area contributed by atoms with Crippen molar-refractivity contribution in [3.63, 3.8) is 0 Å². The van der Waals surface area contributed by atoms with E-state index in [9.17, 15) is 5.11 Å². The first-order valence-electron chi connectivity index (χ1n) is 6.51. The van der Waals surface area contributed by atoms with Gasteiger partial charge in [0.25, 0.3) is 0 Å².